The average molecular weight is 305 g/mol. The molecule has 0 aliphatic rings. The molecular formula is C9H13F6N5. The summed E-state index contributed by atoms with van der Waals surface area (Å²) >= 11 is 0. The third-order valence-electron chi connectivity index (χ3n) is 2.72. The van der Waals surface area contributed by atoms with Gasteiger partial charge >= 0.3 is 12.4 Å². The Kier molecular flexibility index (Phi) is 4.97. The van der Waals surface area contributed by atoms with E-state index in [1.807, 2.05) is 0 Å². The lowest BCUT2D eigenvalue weighted by Crippen LogP contribution is -2.54. The number of alkyl halides is 6. The van der Waals surface area contributed by atoms with E-state index in [0.717, 1.165) is 6.33 Å². The molecule has 1 atom stereocenters. The minimum atomic E-state index is -5.47. The molecule has 0 spiro atoms. The van der Waals surface area contributed by atoms with Crippen LogP contribution >= 0.6 is 0 Å². The van der Waals surface area contributed by atoms with Crippen molar-refractivity contribution in [2.75, 3.05) is 0 Å². The van der Waals surface area contributed by atoms with Crippen LogP contribution in [0.3, 0.4) is 0 Å². The summed E-state index contributed by atoms with van der Waals surface area (Å²) in [6.45, 7) is 1.91. The van der Waals surface area contributed by atoms with Crippen molar-refractivity contribution >= 4 is 0 Å². The molecule has 1 heterocycles. The van der Waals surface area contributed by atoms with E-state index >= 15 is 0 Å². The Bertz CT molecular complexity index is 411. The van der Waals surface area contributed by atoms with Gasteiger partial charge in [0.05, 0.1) is 0 Å². The summed E-state index contributed by atoms with van der Waals surface area (Å²) in [6, 6.07) is -2.08. The molecule has 0 aliphatic carbocycles. The van der Waals surface area contributed by atoms with Gasteiger partial charge in [-0.05, 0) is 6.92 Å². The van der Waals surface area contributed by atoms with E-state index in [4.69, 9.17) is 5.84 Å². The number of hydrogen-bond donors (Lipinski definition) is 2. The Morgan fingerprint density at radius 3 is 2.20 bits per heavy atom. The van der Waals surface area contributed by atoms with E-state index in [-0.39, 0.29) is 12.4 Å². The first-order chi connectivity index (χ1) is 9.11. The van der Waals surface area contributed by atoms with Crippen molar-refractivity contribution in [1.82, 2.24) is 20.2 Å². The summed E-state index contributed by atoms with van der Waals surface area (Å²) in [5, 5.41) is 3.68. The predicted octanol–water partition coefficient (Wildman–Crippen LogP) is 1.41. The van der Waals surface area contributed by atoms with Gasteiger partial charge < -0.3 is 0 Å². The molecule has 0 aliphatic heterocycles. The fourth-order valence-corrected chi connectivity index (χ4v) is 1.82. The summed E-state index contributed by atoms with van der Waals surface area (Å²) in [5.41, 5.74) is 1.58. The highest BCUT2D eigenvalue weighted by Crippen LogP contribution is 2.41. The number of aromatic nitrogens is 3. The van der Waals surface area contributed by atoms with E-state index in [1.54, 1.807) is 12.3 Å². The average Bonchev–Trinajstić information content (AvgIpc) is 2.71. The molecule has 20 heavy (non-hydrogen) atoms. The van der Waals surface area contributed by atoms with Crippen LogP contribution in [0.15, 0.2) is 6.33 Å². The largest absolute Gasteiger partial charge is 0.402 e. The molecule has 0 saturated heterocycles. The summed E-state index contributed by atoms with van der Waals surface area (Å²) in [5.74, 6) is 1.28. The van der Waals surface area contributed by atoms with Gasteiger partial charge in [0.15, 0.2) is 5.92 Å². The van der Waals surface area contributed by atoms with Crippen LogP contribution in [0.1, 0.15) is 12.7 Å². The van der Waals surface area contributed by atoms with Crippen molar-refractivity contribution in [2.24, 2.45) is 11.8 Å². The van der Waals surface area contributed by atoms with Crippen LogP contribution in [0.4, 0.5) is 26.3 Å². The number of hydrogen-bond acceptors (Lipinski definition) is 4. The molecule has 0 saturated carbocycles. The SMILES string of the molecule is CCn1ncnc1CC(NN)C(C(F)(F)F)C(F)(F)F. The fourth-order valence-electron chi connectivity index (χ4n) is 1.82. The summed E-state index contributed by atoms with van der Waals surface area (Å²) in [6.07, 6.45) is -10.5. The maximum atomic E-state index is 12.6. The summed E-state index contributed by atoms with van der Waals surface area (Å²) in [4.78, 5) is 3.64. The first-order valence-corrected chi connectivity index (χ1v) is 5.57. The van der Waals surface area contributed by atoms with Crippen LogP contribution in [-0.2, 0) is 13.0 Å². The van der Waals surface area contributed by atoms with Crippen molar-refractivity contribution in [3.05, 3.63) is 12.2 Å². The molecule has 0 amide bonds. The van der Waals surface area contributed by atoms with E-state index in [1.165, 1.54) is 4.68 Å². The van der Waals surface area contributed by atoms with Crippen LogP contribution in [0.25, 0.3) is 0 Å². The zero-order valence-electron chi connectivity index (χ0n) is 10.3. The Labute approximate surface area is 110 Å². The first-order valence-electron chi connectivity index (χ1n) is 5.57. The molecule has 0 radical (unpaired) electrons. The van der Waals surface area contributed by atoms with E-state index in [2.05, 4.69) is 10.1 Å². The molecule has 1 aromatic rings. The lowest BCUT2D eigenvalue weighted by molar-refractivity contribution is -0.291. The quantitative estimate of drug-likeness (QED) is 0.490. The topological polar surface area (TPSA) is 68.8 Å². The molecule has 1 unspecified atom stereocenters. The minimum absolute atomic E-state index is 0.00560. The fraction of sp³-hybridized carbons (Fsp3) is 0.778. The van der Waals surface area contributed by atoms with Crippen LogP contribution in [0.2, 0.25) is 0 Å². The van der Waals surface area contributed by atoms with Crippen molar-refractivity contribution in [3.63, 3.8) is 0 Å². The molecule has 11 heteroatoms. The Hall–Kier alpha value is -1.36. The highest BCUT2D eigenvalue weighted by atomic mass is 19.4. The van der Waals surface area contributed by atoms with Gasteiger partial charge in [-0.2, -0.15) is 31.4 Å². The molecule has 1 rings (SSSR count). The Morgan fingerprint density at radius 2 is 1.80 bits per heavy atom. The maximum absolute atomic E-state index is 12.6. The molecule has 0 aromatic carbocycles. The third-order valence-corrected chi connectivity index (χ3v) is 2.72. The molecule has 3 N–H and O–H groups in total. The monoisotopic (exact) mass is 305 g/mol. The van der Waals surface area contributed by atoms with Crippen LogP contribution in [-0.4, -0.2) is 33.2 Å². The van der Waals surface area contributed by atoms with Gasteiger partial charge in [0.25, 0.3) is 0 Å². The standard InChI is InChI=1S/C9H13F6N5/c1-2-20-6(17-4-18-20)3-5(19-16)7(8(10,11)12)9(13,14)15/h4-5,7,19H,2-3,16H2,1H3. The van der Waals surface area contributed by atoms with Gasteiger partial charge in [-0.25, -0.2) is 4.98 Å². The maximum Gasteiger partial charge on any atom is 0.402 e. The normalized spacial score (nSPS) is 14.8. The van der Waals surface area contributed by atoms with Gasteiger partial charge in [-0.1, -0.05) is 0 Å². The highest BCUT2D eigenvalue weighted by molar-refractivity contribution is 4.95. The smallest absolute Gasteiger partial charge is 0.271 e. The van der Waals surface area contributed by atoms with Crippen LogP contribution in [0, 0.1) is 5.92 Å². The van der Waals surface area contributed by atoms with Gasteiger partial charge in [-0.3, -0.25) is 16.0 Å². The lowest BCUT2D eigenvalue weighted by Gasteiger charge is -2.29. The number of nitrogens with zero attached hydrogens (tertiary/aromatic N) is 3. The molecule has 5 nitrogen and oxygen atoms in total. The predicted molar refractivity (Wildman–Crippen MR) is 56.1 cm³/mol. The molecule has 0 fully saturated rings. The number of nitrogens with two attached hydrogens (primary N) is 1. The Balaban J connectivity index is 3.03. The zero-order chi connectivity index (χ0) is 15.6. The summed E-state index contributed by atoms with van der Waals surface area (Å²) < 4.78 is 76.8. The van der Waals surface area contributed by atoms with Crippen LogP contribution < -0.4 is 11.3 Å². The van der Waals surface area contributed by atoms with Gasteiger partial charge in [0.1, 0.15) is 12.2 Å². The van der Waals surface area contributed by atoms with Crippen LogP contribution in [0.5, 0.6) is 0 Å². The van der Waals surface area contributed by atoms with Crippen molar-refractivity contribution < 1.29 is 26.3 Å². The molecule has 0 bridgehead atoms. The molecule has 116 valence electrons. The van der Waals surface area contributed by atoms with Crippen molar-refractivity contribution in [1.29, 1.82) is 0 Å². The number of hydrazine groups is 1. The number of aryl methyl sites for hydroxylation is 1. The van der Waals surface area contributed by atoms with Crippen molar-refractivity contribution in [2.45, 2.75) is 38.3 Å². The second kappa shape index (κ2) is 5.95. The lowest BCUT2D eigenvalue weighted by atomic mass is 9.95. The number of halogens is 6. The highest BCUT2D eigenvalue weighted by Gasteiger charge is 2.60. The zero-order valence-corrected chi connectivity index (χ0v) is 10.3. The molecular weight excluding hydrogens is 292 g/mol. The van der Waals surface area contributed by atoms with Crippen molar-refractivity contribution in [3.8, 4) is 0 Å². The van der Waals surface area contributed by atoms with E-state index < -0.39 is 30.7 Å². The van der Waals surface area contributed by atoms with E-state index in [0.29, 0.717) is 0 Å². The van der Waals surface area contributed by atoms with E-state index in [9.17, 15) is 26.3 Å². The van der Waals surface area contributed by atoms with Gasteiger partial charge in [-0.15, -0.1) is 0 Å². The third kappa shape index (κ3) is 3.82. The first kappa shape index (κ1) is 16.7. The number of nitrogens with one attached hydrogen (secondary N) is 1. The summed E-state index contributed by atoms with van der Waals surface area (Å²) in [7, 11) is 0. The van der Waals surface area contributed by atoms with Gasteiger partial charge in [0, 0.05) is 19.0 Å². The minimum Gasteiger partial charge on any atom is -0.271 e. The Morgan fingerprint density at radius 1 is 1.25 bits per heavy atom. The number of rotatable bonds is 5. The second-order valence-electron chi connectivity index (χ2n) is 4.03. The molecule has 1 aromatic heterocycles. The second-order valence-corrected chi connectivity index (χ2v) is 4.03. The van der Waals surface area contributed by atoms with Gasteiger partial charge in [0.2, 0.25) is 0 Å².